The summed E-state index contributed by atoms with van der Waals surface area (Å²) in [6.45, 7) is 5.15. The first kappa shape index (κ1) is 22.5. The first-order valence-electron chi connectivity index (χ1n) is 6.34. The molecule has 1 unspecified atom stereocenters. The molecule has 1 N–H and O–H groups in total. The molecular weight excluding hydrogens is 447 g/mol. The minimum atomic E-state index is -5.61. The van der Waals surface area contributed by atoms with E-state index in [4.69, 9.17) is 4.74 Å². The molecule has 0 heterocycles. The lowest BCUT2D eigenvalue weighted by Crippen LogP contribution is -2.54. The van der Waals surface area contributed by atoms with Gasteiger partial charge in [-0.15, -0.1) is 0 Å². The predicted molar refractivity (Wildman–Crippen MR) is 78.5 cm³/mol. The summed E-state index contributed by atoms with van der Waals surface area (Å²) in [7, 11) is 0. The van der Waals surface area contributed by atoms with E-state index in [1.807, 2.05) is 0 Å². The Hall–Kier alpha value is -0.460. The van der Waals surface area contributed by atoms with E-state index in [-0.39, 0.29) is 4.43 Å². The van der Waals surface area contributed by atoms with E-state index in [9.17, 15) is 31.1 Å². The molecular formula is C12H18F6INO3. The zero-order valence-corrected chi connectivity index (χ0v) is 15.0. The molecule has 0 saturated carbocycles. The molecule has 0 aromatic carbocycles. The standard InChI is InChI=1S/C12H18F6INO3/c1-9(2,3)23-8(21)20-6-10(4,5-19)22-7(11(13,14)15)12(16,17)18/h7H,5-6H2,1-4H3,(H,20,21). The largest absolute Gasteiger partial charge is 0.444 e. The van der Waals surface area contributed by atoms with Crippen molar-refractivity contribution in [3.05, 3.63) is 0 Å². The van der Waals surface area contributed by atoms with Crippen LogP contribution in [-0.4, -0.2) is 46.7 Å². The van der Waals surface area contributed by atoms with E-state index in [2.05, 4.69) is 10.1 Å². The van der Waals surface area contributed by atoms with Gasteiger partial charge in [-0.05, 0) is 27.7 Å². The molecule has 0 radical (unpaired) electrons. The Morgan fingerprint density at radius 2 is 1.48 bits per heavy atom. The summed E-state index contributed by atoms with van der Waals surface area (Å²) in [5, 5.41) is 2.11. The monoisotopic (exact) mass is 465 g/mol. The zero-order chi connectivity index (χ0) is 18.7. The third-order valence-corrected chi connectivity index (χ3v) is 3.90. The van der Waals surface area contributed by atoms with Crippen LogP contribution < -0.4 is 5.32 Å². The van der Waals surface area contributed by atoms with Gasteiger partial charge in [0.2, 0.25) is 6.10 Å². The number of amides is 1. The van der Waals surface area contributed by atoms with E-state index >= 15 is 0 Å². The molecule has 0 aromatic rings. The fraction of sp³-hybridized carbons (Fsp3) is 0.917. The Bertz CT molecular complexity index is 393. The Kier molecular flexibility index (Phi) is 7.46. The predicted octanol–water partition coefficient (Wildman–Crippen LogP) is 4.21. The molecule has 1 atom stereocenters. The van der Waals surface area contributed by atoms with Crippen LogP contribution in [0.15, 0.2) is 0 Å². The maximum Gasteiger partial charge on any atom is 0.423 e. The van der Waals surface area contributed by atoms with Crippen LogP contribution in [0.3, 0.4) is 0 Å². The van der Waals surface area contributed by atoms with Crippen molar-refractivity contribution in [1.82, 2.24) is 5.32 Å². The van der Waals surface area contributed by atoms with Crippen LogP contribution in [0.4, 0.5) is 31.1 Å². The van der Waals surface area contributed by atoms with Gasteiger partial charge in [-0.2, -0.15) is 26.3 Å². The average molecular weight is 465 g/mol. The van der Waals surface area contributed by atoms with Crippen molar-refractivity contribution in [2.75, 3.05) is 11.0 Å². The normalized spacial score (nSPS) is 16.2. The molecule has 0 aliphatic rings. The van der Waals surface area contributed by atoms with Gasteiger partial charge in [0.05, 0.1) is 12.1 Å². The van der Waals surface area contributed by atoms with Gasteiger partial charge in [-0.1, -0.05) is 22.6 Å². The lowest BCUT2D eigenvalue weighted by Gasteiger charge is -2.34. The van der Waals surface area contributed by atoms with Crippen LogP contribution in [0.25, 0.3) is 0 Å². The van der Waals surface area contributed by atoms with Crippen molar-refractivity contribution >= 4 is 28.7 Å². The zero-order valence-electron chi connectivity index (χ0n) is 12.9. The average Bonchev–Trinajstić information content (AvgIpc) is 2.29. The van der Waals surface area contributed by atoms with E-state index in [0.29, 0.717) is 0 Å². The lowest BCUT2D eigenvalue weighted by molar-refractivity contribution is -0.339. The van der Waals surface area contributed by atoms with E-state index in [1.165, 1.54) is 0 Å². The summed E-state index contributed by atoms with van der Waals surface area (Å²) >= 11 is 1.58. The summed E-state index contributed by atoms with van der Waals surface area (Å²) in [5.41, 5.74) is -2.74. The van der Waals surface area contributed by atoms with Crippen LogP contribution in [-0.2, 0) is 9.47 Å². The fourth-order valence-electron chi connectivity index (χ4n) is 1.30. The van der Waals surface area contributed by atoms with Crippen molar-refractivity contribution in [1.29, 1.82) is 0 Å². The van der Waals surface area contributed by atoms with Crippen molar-refractivity contribution in [3.8, 4) is 0 Å². The van der Waals surface area contributed by atoms with Crippen molar-refractivity contribution in [3.63, 3.8) is 0 Å². The number of rotatable bonds is 5. The Morgan fingerprint density at radius 3 is 1.78 bits per heavy atom. The molecule has 0 saturated heterocycles. The maximum absolute atomic E-state index is 12.5. The van der Waals surface area contributed by atoms with E-state index in [0.717, 1.165) is 6.92 Å². The second kappa shape index (κ2) is 7.62. The van der Waals surface area contributed by atoms with E-state index in [1.54, 1.807) is 43.4 Å². The molecule has 0 bridgehead atoms. The summed E-state index contributed by atoms with van der Waals surface area (Å²) in [5.74, 6) is 0. The minimum absolute atomic E-state index is 0.219. The van der Waals surface area contributed by atoms with E-state index < -0.39 is 42.3 Å². The van der Waals surface area contributed by atoms with Crippen LogP contribution in [0.1, 0.15) is 27.7 Å². The molecule has 0 rings (SSSR count). The molecule has 0 aliphatic heterocycles. The highest BCUT2D eigenvalue weighted by atomic mass is 127. The molecule has 11 heteroatoms. The summed E-state index contributed by atoms with van der Waals surface area (Å²) in [6.07, 6.45) is -16.1. The molecule has 138 valence electrons. The first-order chi connectivity index (χ1) is 10.0. The SMILES string of the molecule is CC(C)(C)OC(=O)NCC(C)(CI)OC(C(F)(F)F)C(F)(F)F. The van der Waals surface area contributed by atoms with Gasteiger partial charge < -0.3 is 14.8 Å². The molecule has 0 fully saturated rings. The smallest absolute Gasteiger partial charge is 0.423 e. The van der Waals surface area contributed by atoms with Crippen molar-refractivity contribution < 1.29 is 40.6 Å². The lowest BCUT2D eigenvalue weighted by atomic mass is 10.1. The molecule has 0 aromatic heterocycles. The topological polar surface area (TPSA) is 47.6 Å². The number of carbonyl (C=O) groups is 1. The number of hydrogen-bond donors (Lipinski definition) is 1. The molecule has 0 spiro atoms. The Balaban J connectivity index is 4.98. The Morgan fingerprint density at radius 1 is 1.04 bits per heavy atom. The number of alkyl carbamates (subject to hydrolysis) is 1. The highest BCUT2D eigenvalue weighted by Gasteiger charge is 2.60. The minimum Gasteiger partial charge on any atom is -0.444 e. The number of hydrogen-bond acceptors (Lipinski definition) is 3. The van der Waals surface area contributed by atoms with Crippen LogP contribution in [0.5, 0.6) is 0 Å². The Labute approximate surface area is 143 Å². The number of alkyl halides is 7. The van der Waals surface area contributed by atoms with Crippen molar-refractivity contribution in [2.24, 2.45) is 0 Å². The second-order valence-corrected chi connectivity index (χ2v) is 6.78. The number of nitrogens with one attached hydrogen (secondary N) is 1. The number of carbonyl (C=O) groups excluding carboxylic acids is 1. The van der Waals surface area contributed by atoms with Gasteiger partial charge in [0, 0.05) is 4.43 Å². The highest BCUT2D eigenvalue weighted by Crippen LogP contribution is 2.38. The summed E-state index contributed by atoms with van der Waals surface area (Å²) < 4.78 is 84.2. The van der Waals surface area contributed by atoms with Gasteiger partial charge in [0.1, 0.15) is 5.60 Å². The van der Waals surface area contributed by atoms with Crippen molar-refractivity contribution in [2.45, 2.75) is 57.4 Å². The highest BCUT2D eigenvalue weighted by molar-refractivity contribution is 14.1. The number of ether oxygens (including phenoxy) is 2. The van der Waals surface area contributed by atoms with Crippen LogP contribution in [0, 0.1) is 0 Å². The number of halogens is 7. The van der Waals surface area contributed by atoms with Gasteiger partial charge in [-0.3, -0.25) is 0 Å². The van der Waals surface area contributed by atoms with Gasteiger partial charge in [0.25, 0.3) is 0 Å². The maximum atomic E-state index is 12.5. The van der Waals surface area contributed by atoms with Gasteiger partial charge in [0.15, 0.2) is 0 Å². The van der Waals surface area contributed by atoms with Gasteiger partial charge >= 0.3 is 18.4 Å². The first-order valence-corrected chi connectivity index (χ1v) is 7.87. The van der Waals surface area contributed by atoms with Crippen LogP contribution >= 0.6 is 22.6 Å². The summed E-state index contributed by atoms with van der Waals surface area (Å²) in [6, 6.07) is 0. The summed E-state index contributed by atoms with van der Waals surface area (Å²) in [4.78, 5) is 11.5. The molecule has 23 heavy (non-hydrogen) atoms. The molecule has 0 aliphatic carbocycles. The van der Waals surface area contributed by atoms with Crippen LogP contribution in [0.2, 0.25) is 0 Å². The fourth-order valence-corrected chi connectivity index (χ4v) is 1.75. The second-order valence-electron chi connectivity index (χ2n) is 6.02. The quantitative estimate of drug-likeness (QED) is 0.376. The third-order valence-electron chi connectivity index (χ3n) is 2.29. The van der Waals surface area contributed by atoms with Gasteiger partial charge in [-0.25, -0.2) is 4.79 Å². The third kappa shape index (κ3) is 8.82. The molecule has 4 nitrogen and oxygen atoms in total. The molecule has 1 amide bonds.